The lowest BCUT2D eigenvalue weighted by Crippen LogP contribution is -2.57. The van der Waals surface area contributed by atoms with Crippen molar-refractivity contribution in [3.05, 3.63) is 71.8 Å². The Hall–Kier alpha value is -3.39. The van der Waals surface area contributed by atoms with Gasteiger partial charge in [-0.3, -0.25) is 14.4 Å². The molecule has 8 nitrogen and oxygen atoms in total. The van der Waals surface area contributed by atoms with E-state index in [9.17, 15) is 19.2 Å². The number of aryl methyl sites for hydroxylation is 1. The highest BCUT2D eigenvalue weighted by molar-refractivity contribution is 6.27. The van der Waals surface area contributed by atoms with Crippen molar-refractivity contribution in [2.24, 2.45) is 5.92 Å². The number of halogens is 1. The van der Waals surface area contributed by atoms with Crippen LogP contribution in [0.5, 0.6) is 0 Å². The maximum Gasteiger partial charge on any atom is 0.329 e. The Bertz CT molecular complexity index is 1100. The summed E-state index contributed by atoms with van der Waals surface area (Å²) in [7, 11) is 0. The molecule has 0 aliphatic rings. The molecule has 0 fully saturated rings. The number of benzene rings is 2. The molecule has 0 spiro atoms. The highest BCUT2D eigenvalue weighted by Gasteiger charge is 2.32. The monoisotopic (exact) mass is 571 g/mol. The Morgan fingerprint density at radius 2 is 1.30 bits per heavy atom. The number of carbonyl (C=O) groups is 4. The van der Waals surface area contributed by atoms with E-state index in [1.807, 2.05) is 74.5 Å². The predicted molar refractivity (Wildman–Crippen MR) is 157 cm³/mol. The zero-order valence-corrected chi connectivity index (χ0v) is 24.8. The van der Waals surface area contributed by atoms with Gasteiger partial charge in [0.2, 0.25) is 17.7 Å². The molecule has 40 heavy (non-hydrogen) atoms. The Balaban J connectivity index is 2.22. The molecular weight excluding hydrogens is 530 g/mol. The van der Waals surface area contributed by atoms with Crippen LogP contribution in [0.4, 0.5) is 0 Å². The van der Waals surface area contributed by atoms with Gasteiger partial charge in [0.15, 0.2) is 0 Å². The highest BCUT2D eigenvalue weighted by atomic mass is 35.5. The molecule has 218 valence electrons. The van der Waals surface area contributed by atoms with Gasteiger partial charge < -0.3 is 20.7 Å². The average Bonchev–Trinajstić information content (AvgIpc) is 2.89. The van der Waals surface area contributed by atoms with Crippen molar-refractivity contribution in [3.63, 3.8) is 0 Å². The molecule has 9 heteroatoms. The van der Waals surface area contributed by atoms with E-state index in [0.717, 1.165) is 11.1 Å². The second-order valence-electron chi connectivity index (χ2n) is 11.3. The van der Waals surface area contributed by atoms with Gasteiger partial charge in [0.1, 0.15) is 29.6 Å². The number of ether oxygens (including phenoxy) is 1. The second-order valence-corrected chi connectivity index (χ2v) is 11.5. The lowest BCUT2D eigenvalue weighted by molar-refractivity contribution is -0.158. The summed E-state index contributed by atoms with van der Waals surface area (Å²) in [5, 5.41) is 8.28. The van der Waals surface area contributed by atoms with E-state index in [4.69, 9.17) is 16.3 Å². The fourth-order valence-corrected chi connectivity index (χ4v) is 4.20. The Labute approximate surface area is 242 Å². The first-order valence-corrected chi connectivity index (χ1v) is 14.2. The minimum absolute atomic E-state index is 0.0605. The first-order chi connectivity index (χ1) is 18.9. The van der Waals surface area contributed by atoms with Crippen molar-refractivity contribution < 1.29 is 23.9 Å². The van der Waals surface area contributed by atoms with E-state index in [1.165, 1.54) is 0 Å². The third kappa shape index (κ3) is 12.2. The van der Waals surface area contributed by atoms with Gasteiger partial charge >= 0.3 is 5.97 Å². The lowest BCUT2D eigenvalue weighted by atomic mass is 10.00. The molecule has 0 aliphatic carbocycles. The summed E-state index contributed by atoms with van der Waals surface area (Å²) < 4.78 is 5.58. The third-order valence-corrected chi connectivity index (χ3v) is 6.21. The van der Waals surface area contributed by atoms with Crippen molar-refractivity contribution in [1.29, 1.82) is 0 Å². The van der Waals surface area contributed by atoms with Gasteiger partial charge in [-0.05, 0) is 57.1 Å². The molecular formula is C31H42ClN3O5. The van der Waals surface area contributed by atoms with Crippen LogP contribution in [0, 0.1) is 5.92 Å². The number of hydrogen-bond donors (Lipinski definition) is 3. The minimum Gasteiger partial charge on any atom is -0.458 e. The predicted octanol–water partition coefficient (Wildman–Crippen LogP) is 3.94. The number of rotatable bonds is 14. The second kappa shape index (κ2) is 16.0. The Morgan fingerprint density at radius 3 is 1.82 bits per heavy atom. The molecule has 0 saturated carbocycles. The first-order valence-electron chi connectivity index (χ1n) is 13.6. The van der Waals surface area contributed by atoms with Gasteiger partial charge in [-0.1, -0.05) is 74.5 Å². The fourth-order valence-electron chi connectivity index (χ4n) is 4.12. The zero-order chi connectivity index (χ0) is 29.7. The maximum absolute atomic E-state index is 13.5. The van der Waals surface area contributed by atoms with Crippen LogP contribution in [-0.2, 0) is 36.8 Å². The van der Waals surface area contributed by atoms with E-state index in [-0.39, 0.29) is 18.2 Å². The molecule has 0 radical (unpaired) electrons. The third-order valence-electron chi connectivity index (χ3n) is 5.97. The minimum atomic E-state index is -0.953. The normalized spacial score (nSPS) is 13.6. The molecule has 0 heterocycles. The molecule has 3 amide bonds. The highest BCUT2D eigenvalue weighted by Crippen LogP contribution is 2.14. The summed E-state index contributed by atoms with van der Waals surface area (Å²) in [5.74, 6) is -2.26. The van der Waals surface area contributed by atoms with E-state index >= 15 is 0 Å². The zero-order valence-electron chi connectivity index (χ0n) is 24.0. The standard InChI is InChI=1S/C31H42ClN3O5/c1-21(2)18-25(34-28(37)24(33-27(36)20-32)17-16-22-12-8-6-9-13-22)29(38)35-26(30(39)40-31(3,4)5)19-23-14-10-7-11-15-23/h6-15,21,24-26H,16-20H2,1-5H3,(H,33,36)(H,34,37)(H,35,38)/t24-,25-,26-/m0/s1. The van der Waals surface area contributed by atoms with Crippen LogP contribution in [0.15, 0.2) is 60.7 Å². The SMILES string of the molecule is CC(C)C[C@H](NC(=O)[C@H](CCc1ccccc1)NC(=O)CCl)C(=O)N[C@@H](Cc1ccccc1)C(=O)OC(C)(C)C. The average molecular weight is 572 g/mol. The fraction of sp³-hybridized carbons (Fsp3) is 0.484. The van der Waals surface area contributed by atoms with Crippen LogP contribution in [-0.4, -0.2) is 53.3 Å². The number of carbonyl (C=O) groups excluding carboxylic acids is 4. The van der Waals surface area contributed by atoms with Gasteiger partial charge in [-0.25, -0.2) is 4.79 Å². The van der Waals surface area contributed by atoms with E-state index < -0.39 is 47.4 Å². The quantitative estimate of drug-likeness (QED) is 0.235. The Kier molecular flexibility index (Phi) is 13.1. The van der Waals surface area contributed by atoms with Crippen molar-refractivity contribution in [3.8, 4) is 0 Å². The number of amides is 3. The van der Waals surface area contributed by atoms with Gasteiger partial charge in [0.05, 0.1) is 0 Å². The van der Waals surface area contributed by atoms with Crippen LogP contribution in [0.1, 0.15) is 58.6 Å². The summed E-state index contributed by atoms with van der Waals surface area (Å²) in [6, 6.07) is 16.1. The topological polar surface area (TPSA) is 114 Å². The molecule has 2 aromatic carbocycles. The number of nitrogens with one attached hydrogen (secondary N) is 3. The van der Waals surface area contributed by atoms with E-state index in [1.54, 1.807) is 20.8 Å². The van der Waals surface area contributed by atoms with Gasteiger partial charge in [0, 0.05) is 6.42 Å². The van der Waals surface area contributed by atoms with Crippen molar-refractivity contribution in [2.45, 2.75) is 84.0 Å². The number of esters is 1. The molecule has 0 aromatic heterocycles. The van der Waals surface area contributed by atoms with Gasteiger partial charge in [-0.2, -0.15) is 0 Å². The van der Waals surface area contributed by atoms with Crippen LogP contribution in [0.25, 0.3) is 0 Å². The van der Waals surface area contributed by atoms with Crippen LogP contribution < -0.4 is 16.0 Å². The van der Waals surface area contributed by atoms with Crippen molar-refractivity contribution in [1.82, 2.24) is 16.0 Å². The van der Waals surface area contributed by atoms with Crippen LogP contribution in [0.3, 0.4) is 0 Å². The summed E-state index contributed by atoms with van der Waals surface area (Å²) in [4.78, 5) is 52.0. The van der Waals surface area contributed by atoms with Crippen molar-refractivity contribution >= 4 is 35.3 Å². The molecule has 0 aliphatic heterocycles. The number of hydrogen-bond acceptors (Lipinski definition) is 5. The van der Waals surface area contributed by atoms with Crippen LogP contribution in [0.2, 0.25) is 0 Å². The molecule has 0 unspecified atom stereocenters. The van der Waals surface area contributed by atoms with E-state index in [2.05, 4.69) is 16.0 Å². The van der Waals surface area contributed by atoms with Gasteiger partial charge in [-0.15, -0.1) is 11.6 Å². The molecule has 3 N–H and O–H groups in total. The van der Waals surface area contributed by atoms with Crippen molar-refractivity contribution in [2.75, 3.05) is 5.88 Å². The first kappa shape index (κ1) is 32.8. The lowest BCUT2D eigenvalue weighted by Gasteiger charge is -2.28. The van der Waals surface area contributed by atoms with Crippen LogP contribution >= 0.6 is 11.6 Å². The number of alkyl halides is 1. The molecule has 0 saturated heterocycles. The largest absolute Gasteiger partial charge is 0.458 e. The smallest absolute Gasteiger partial charge is 0.329 e. The molecule has 0 bridgehead atoms. The van der Waals surface area contributed by atoms with Gasteiger partial charge in [0.25, 0.3) is 0 Å². The van der Waals surface area contributed by atoms with E-state index in [0.29, 0.717) is 19.3 Å². The molecule has 2 rings (SSSR count). The maximum atomic E-state index is 13.5. The molecule has 2 aromatic rings. The Morgan fingerprint density at radius 1 is 0.775 bits per heavy atom. The summed E-state index contributed by atoms with van der Waals surface area (Å²) in [5.41, 5.74) is 1.13. The summed E-state index contributed by atoms with van der Waals surface area (Å²) in [6.45, 7) is 9.16. The molecule has 3 atom stereocenters. The summed E-state index contributed by atoms with van der Waals surface area (Å²) in [6.07, 6.45) is 1.43. The summed E-state index contributed by atoms with van der Waals surface area (Å²) >= 11 is 5.69.